The van der Waals surface area contributed by atoms with E-state index in [0.717, 1.165) is 36.2 Å². The van der Waals surface area contributed by atoms with Gasteiger partial charge in [0.1, 0.15) is 5.76 Å². The predicted octanol–water partition coefficient (Wildman–Crippen LogP) is 1.85. The molecule has 0 fully saturated rings. The number of aromatic nitrogens is 3. The normalized spacial score (nSPS) is 11.3. The Hall–Kier alpha value is -2.10. The SMILES string of the molecule is CN=C(NCCc1ccco1)NCc1nnc2ccccn12.I. The second-order valence-corrected chi connectivity index (χ2v) is 4.73. The first-order valence-electron chi connectivity index (χ1n) is 7.12. The van der Waals surface area contributed by atoms with Crippen molar-refractivity contribution >= 4 is 35.6 Å². The van der Waals surface area contributed by atoms with Crippen molar-refractivity contribution in [1.82, 2.24) is 25.2 Å². The fourth-order valence-corrected chi connectivity index (χ4v) is 2.15. The Morgan fingerprint density at radius 1 is 1.22 bits per heavy atom. The third-order valence-electron chi connectivity index (χ3n) is 3.27. The average molecular weight is 426 g/mol. The van der Waals surface area contributed by atoms with E-state index < -0.39 is 0 Å². The molecule has 3 rings (SSSR count). The molecule has 8 heteroatoms. The van der Waals surface area contributed by atoms with Gasteiger partial charge in [-0.15, -0.1) is 34.2 Å². The summed E-state index contributed by atoms with van der Waals surface area (Å²) in [6.07, 6.45) is 4.43. The molecule has 0 saturated carbocycles. The molecule has 122 valence electrons. The lowest BCUT2D eigenvalue weighted by Gasteiger charge is -2.10. The van der Waals surface area contributed by atoms with Crippen LogP contribution in [0.3, 0.4) is 0 Å². The van der Waals surface area contributed by atoms with Gasteiger partial charge in [-0.3, -0.25) is 9.39 Å². The van der Waals surface area contributed by atoms with Gasteiger partial charge in [0.05, 0.1) is 12.8 Å². The highest BCUT2D eigenvalue weighted by molar-refractivity contribution is 14.0. The first kappa shape index (κ1) is 17.3. The number of hydrogen-bond acceptors (Lipinski definition) is 4. The van der Waals surface area contributed by atoms with Crippen LogP contribution in [0, 0.1) is 0 Å². The number of fused-ring (bicyclic) bond motifs is 1. The predicted molar refractivity (Wildman–Crippen MR) is 99.0 cm³/mol. The van der Waals surface area contributed by atoms with Crippen molar-refractivity contribution in [1.29, 1.82) is 0 Å². The Bertz CT molecular complexity index is 752. The molecule has 0 aliphatic carbocycles. The molecular formula is C15H19IN6O. The van der Waals surface area contributed by atoms with Crippen LogP contribution in [0.25, 0.3) is 5.65 Å². The third kappa shape index (κ3) is 4.44. The highest BCUT2D eigenvalue weighted by atomic mass is 127. The van der Waals surface area contributed by atoms with Crippen molar-refractivity contribution < 1.29 is 4.42 Å². The summed E-state index contributed by atoms with van der Waals surface area (Å²) in [5, 5.41) is 14.8. The second kappa shape index (κ2) is 8.51. The Labute approximate surface area is 151 Å². The summed E-state index contributed by atoms with van der Waals surface area (Å²) >= 11 is 0. The molecule has 0 aromatic carbocycles. The lowest BCUT2D eigenvalue weighted by Crippen LogP contribution is -2.38. The Balaban J connectivity index is 0.00000192. The van der Waals surface area contributed by atoms with Gasteiger partial charge in [-0.25, -0.2) is 0 Å². The molecule has 0 saturated heterocycles. The van der Waals surface area contributed by atoms with Crippen molar-refractivity contribution in [2.45, 2.75) is 13.0 Å². The molecular weight excluding hydrogens is 407 g/mol. The van der Waals surface area contributed by atoms with E-state index >= 15 is 0 Å². The van der Waals surface area contributed by atoms with Crippen LogP contribution in [0.15, 0.2) is 52.2 Å². The Morgan fingerprint density at radius 2 is 2.13 bits per heavy atom. The number of hydrogen-bond donors (Lipinski definition) is 2. The molecule has 3 aromatic rings. The van der Waals surface area contributed by atoms with Gasteiger partial charge in [0.15, 0.2) is 17.4 Å². The van der Waals surface area contributed by atoms with Crippen LogP contribution in [0.2, 0.25) is 0 Å². The van der Waals surface area contributed by atoms with Gasteiger partial charge in [0.25, 0.3) is 0 Å². The Morgan fingerprint density at radius 3 is 2.91 bits per heavy atom. The lowest BCUT2D eigenvalue weighted by atomic mass is 10.3. The minimum atomic E-state index is 0. The van der Waals surface area contributed by atoms with Crippen LogP contribution in [-0.2, 0) is 13.0 Å². The molecule has 0 amide bonds. The summed E-state index contributed by atoms with van der Waals surface area (Å²) in [7, 11) is 1.74. The van der Waals surface area contributed by atoms with Gasteiger partial charge in [-0.1, -0.05) is 6.07 Å². The smallest absolute Gasteiger partial charge is 0.191 e. The summed E-state index contributed by atoms with van der Waals surface area (Å²) < 4.78 is 7.24. The zero-order valence-electron chi connectivity index (χ0n) is 12.8. The fraction of sp³-hybridized carbons (Fsp3) is 0.267. The van der Waals surface area contributed by atoms with Crippen LogP contribution < -0.4 is 10.6 Å². The van der Waals surface area contributed by atoms with Gasteiger partial charge >= 0.3 is 0 Å². The molecule has 0 atom stereocenters. The molecule has 0 radical (unpaired) electrons. The molecule has 7 nitrogen and oxygen atoms in total. The van der Waals surface area contributed by atoms with Gasteiger partial charge in [0.2, 0.25) is 0 Å². The van der Waals surface area contributed by atoms with E-state index in [9.17, 15) is 0 Å². The van der Waals surface area contributed by atoms with Crippen molar-refractivity contribution in [2.24, 2.45) is 4.99 Å². The zero-order chi connectivity index (χ0) is 15.2. The molecule has 0 unspecified atom stereocenters. The molecule has 0 aliphatic heterocycles. The van der Waals surface area contributed by atoms with E-state index in [4.69, 9.17) is 4.42 Å². The van der Waals surface area contributed by atoms with E-state index in [1.165, 1.54) is 0 Å². The highest BCUT2D eigenvalue weighted by Gasteiger charge is 2.05. The molecule has 0 bridgehead atoms. The minimum absolute atomic E-state index is 0. The summed E-state index contributed by atoms with van der Waals surface area (Å²) in [4.78, 5) is 4.19. The minimum Gasteiger partial charge on any atom is -0.469 e. The maximum Gasteiger partial charge on any atom is 0.191 e. The standard InChI is InChI=1S/C15H18N6O.HI/c1-16-15(17-8-7-12-5-4-10-22-12)18-11-14-20-19-13-6-2-3-9-21(13)14;/h2-6,9-10H,7-8,11H2,1H3,(H2,16,17,18);1H. The van der Waals surface area contributed by atoms with E-state index in [0.29, 0.717) is 6.54 Å². The van der Waals surface area contributed by atoms with E-state index in [1.54, 1.807) is 13.3 Å². The summed E-state index contributed by atoms with van der Waals surface area (Å²) in [5.74, 6) is 2.51. The third-order valence-corrected chi connectivity index (χ3v) is 3.27. The van der Waals surface area contributed by atoms with Gasteiger partial charge in [-0.05, 0) is 24.3 Å². The topological polar surface area (TPSA) is 79.8 Å². The number of furan rings is 1. The van der Waals surface area contributed by atoms with Gasteiger partial charge in [0, 0.05) is 26.2 Å². The van der Waals surface area contributed by atoms with E-state index in [2.05, 4.69) is 25.8 Å². The van der Waals surface area contributed by atoms with Gasteiger partial charge in [-0.2, -0.15) is 0 Å². The lowest BCUT2D eigenvalue weighted by molar-refractivity contribution is 0.506. The first-order chi connectivity index (χ1) is 10.9. The number of guanidine groups is 1. The summed E-state index contributed by atoms with van der Waals surface area (Å²) in [6.45, 7) is 1.29. The van der Waals surface area contributed by atoms with E-state index in [1.807, 2.05) is 40.9 Å². The molecule has 0 spiro atoms. The van der Waals surface area contributed by atoms with Crippen LogP contribution in [0.1, 0.15) is 11.6 Å². The summed E-state index contributed by atoms with van der Waals surface area (Å²) in [5.41, 5.74) is 0.833. The largest absolute Gasteiger partial charge is 0.469 e. The zero-order valence-corrected chi connectivity index (χ0v) is 15.1. The quantitative estimate of drug-likeness (QED) is 0.370. The van der Waals surface area contributed by atoms with E-state index in [-0.39, 0.29) is 24.0 Å². The number of pyridine rings is 1. The maximum atomic E-state index is 5.29. The van der Waals surface area contributed by atoms with Crippen molar-refractivity contribution in [3.63, 3.8) is 0 Å². The van der Waals surface area contributed by atoms with Gasteiger partial charge < -0.3 is 15.1 Å². The van der Waals surface area contributed by atoms with Crippen molar-refractivity contribution in [3.05, 3.63) is 54.4 Å². The molecule has 0 aliphatic rings. The Kier molecular flexibility index (Phi) is 6.39. The fourth-order valence-electron chi connectivity index (χ4n) is 2.15. The van der Waals surface area contributed by atoms with Crippen molar-refractivity contribution in [2.75, 3.05) is 13.6 Å². The monoisotopic (exact) mass is 426 g/mol. The summed E-state index contributed by atoms with van der Waals surface area (Å²) in [6, 6.07) is 9.67. The molecule has 23 heavy (non-hydrogen) atoms. The van der Waals surface area contributed by atoms with Crippen molar-refractivity contribution in [3.8, 4) is 0 Å². The highest BCUT2D eigenvalue weighted by Crippen LogP contribution is 2.02. The number of aliphatic imine (C=N–C) groups is 1. The maximum absolute atomic E-state index is 5.29. The first-order valence-corrected chi connectivity index (χ1v) is 7.12. The number of rotatable bonds is 5. The average Bonchev–Trinajstić information content (AvgIpc) is 3.20. The van der Waals surface area contributed by atoms with Crippen LogP contribution >= 0.6 is 24.0 Å². The van der Waals surface area contributed by atoms with Crippen LogP contribution in [-0.4, -0.2) is 34.2 Å². The molecule has 3 heterocycles. The number of nitrogens with zero attached hydrogens (tertiary/aromatic N) is 4. The second-order valence-electron chi connectivity index (χ2n) is 4.73. The van der Waals surface area contributed by atoms with Crippen LogP contribution in [0.4, 0.5) is 0 Å². The van der Waals surface area contributed by atoms with Crippen LogP contribution in [0.5, 0.6) is 0 Å². The number of nitrogens with one attached hydrogen (secondary N) is 2. The molecule has 3 aromatic heterocycles. The molecule has 2 N–H and O–H groups in total. The number of halogens is 1.